The van der Waals surface area contributed by atoms with Gasteiger partial charge in [-0.1, -0.05) is 37.3 Å². The summed E-state index contributed by atoms with van der Waals surface area (Å²) in [6.45, 7) is 5.85. The SMILES string of the molecule is CCSC1CCC(NC2CCN(Cc3ccccc3)C2)C1. The first kappa shape index (κ1) is 15.4. The van der Waals surface area contributed by atoms with Crippen molar-refractivity contribution in [1.29, 1.82) is 0 Å². The summed E-state index contributed by atoms with van der Waals surface area (Å²) >= 11 is 2.15. The maximum atomic E-state index is 3.93. The summed E-state index contributed by atoms with van der Waals surface area (Å²) < 4.78 is 0. The van der Waals surface area contributed by atoms with Crippen LogP contribution in [0.15, 0.2) is 30.3 Å². The number of hydrogen-bond acceptors (Lipinski definition) is 3. The lowest BCUT2D eigenvalue weighted by Crippen LogP contribution is -2.38. The fourth-order valence-electron chi connectivity index (χ4n) is 3.77. The maximum Gasteiger partial charge on any atom is 0.0234 e. The Bertz CT molecular complexity index is 422. The summed E-state index contributed by atoms with van der Waals surface area (Å²) in [5, 5.41) is 4.84. The van der Waals surface area contributed by atoms with E-state index in [1.54, 1.807) is 0 Å². The van der Waals surface area contributed by atoms with Gasteiger partial charge in [0.2, 0.25) is 0 Å². The zero-order chi connectivity index (χ0) is 14.5. The molecule has 21 heavy (non-hydrogen) atoms. The minimum absolute atomic E-state index is 0.712. The highest BCUT2D eigenvalue weighted by Gasteiger charge is 2.29. The van der Waals surface area contributed by atoms with Crippen molar-refractivity contribution in [2.24, 2.45) is 0 Å². The van der Waals surface area contributed by atoms with Gasteiger partial charge in [-0.2, -0.15) is 11.8 Å². The number of hydrogen-bond donors (Lipinski definition) is 1. The molecule has 1 aliphatic heterocycles. The van der Waals surface area contributed by atoms with Crippen molar-refractivity contribution in [1.82, 2.24) is 10.2 Å². The molecule has 3 unspecified atom stereocenters. The average Bonchev–Trinajstić information content (AvgIpc) is 3.11. The molecule has 3 heteroatoms. The Morgan fingerprint density at radius 2 is 2.00 bits per heavy atom. The molecule has 2 aliphatic rings. The molecule has 2 fully saturated rings. The third kappa shape index (κ3) is 4.48. The molecule has 2 nitrogen and oxygen atoms in total. The molecule has 1 aromatic carbocycles. The maximum absolute atomic E-state index is 3.93. The molecule has 0 aromatic heterocycles. The number of nitrogens with one attached hydrogen (secondary N) is 1. The van der Waals surface area contributed by atoms with Gasteiger partial charge < -0.3 is 5.32 Å². The Labute approximate surface area is 133 Å². The number of nitrogens with zero attached hydrogens (tertiary/aromatic N) is 1. The van der Waals surface area contributed by atoms with E-state index in [2.05, 4.69) is 59.2 Å². The molecule has 1 aliphatic carbocycles. The Morgan fingerprint density at radius 1 is 1.14 bits per heavy atom. The summed E-state index contributed by atoms with van der Waals surface area (Å²) in [6.07, 6.45) is 5.49. The van der Waals surface area contributed by atoms with Crippen LogP contribution in [0.4, 0.5) is 0 Å². The smallest absolute Gasteiger partial charge is 0.0234 e. The van der Waals surface area contributed by atoms with Crippen molar-refractivity contribution in [2.45, 2.75) is 56.5 Å². The summed E-state index contributed by atoms with van der Waals surface area (Å²) in [6, 6.07) is 12.4. The van der Waals surface area contributed by atoms with Crippen LogP contribution in [0.2, 0.25) is 0 Å². The Morgan fingerprint density at radius 3 is 2.81 bits per heavy atom. The van der Waals surface area contributed by atoms with E-state index >= 15 is 0 Å². The minimum Gasteiger partial charge on any atom is -0.310 e. The van der Waals surface area contributed by atoms with Gasteiger partial charge in [-0.05, 0) is 37.0 Å². The third-order valence-electron chi connectivity index (χ3n) is 4.78. The fraction of sp³-hybridized carbons (Fsp3) is 0.667. The van der Waals surface area contributed by atoms with Gasteiger partial charge in [0.05, 0.1) is 0 Å². The van der Waals surface area contributed by atoms with Crippen molar-refractivity contribution in [2.75, 3.05) is 18.8 Å². The molecular formula is C18H28N2S. The van der Waals surface area contributed by atoms with E-state index in [0.29, 0.717) is 6.04 Å². The first-order chi connectivity index (χ1) is 10.3. The average molecular weight is 305 g/mol. The van der Waals surface area contributed by atoms with Crippen LogP contribution in [0.25, 0.3) is 0 Å². The van der Waals surface area contributed by atoms with Gasteiger partial charge in [-0.15, -0.1) is 0 Å². The van der Waals surface area contributed by atoms with Gasteiger partial charge in [-0.25, -0.2) is 0 Å². The first-order valence-electron chi connectivity index (χ1n) is 8.47. The molecule has 1 saturated heterocycles. The van der Waals surface area contributed by atoms with Crippen molar-refractivity contribution in [3.8, 4) is 0 Å². The lowest BCUT2D eigenvalue weighted by atomic mass is 10.2. The highest BCUT2D eigenvalue weighted by molar-refractivity contribution is 7.99. The predicted octanol–water partition coefficient (Wildman–Crippen LogP) is 3.52. The van der Waals surface area contributed by atoms with Crippen molar-refractivity contribution >= 4 is 11.8 Å². The lowest BCUT2D eigenvalue weighted by molar-refractivity contribution is 0.314. The van der Waals surface area contributed by atoms with Crippen LogP contribution < -0.4 is 5.32 Å². The van der Waals surface area contributed by atoms with Crippen LogP contribution in [-0.2, 0) is 6.54 Å². The molecule has 1 heterocycles. The van der Waals surface area contributed by atoms with Gasteiger partial charge in [-0.3, -0.25) is 4.90 Å². The second-order valence-corrected chi connectivity index (χ2v) is 8.04. The zero-order valence-corrected chi connectivity index (χ0v) is 13.9. The van der Waals surface area contributed by atoms with E-state index in [1.165, 1.54) is 50.1 Å². The van der Waals surface area contributed by atoms with Gasteiger partial charge in [0.15, 0.2) is 0 Å². The van der Waals surface area contributed by atoms with Crippen LogP contribution in [-0.4, -0.2) is 41.1 Å². The molecule has 1 aromatic rings. The number of likely N-dealkylation sites (tertiary alicyclic amines) is 1. The largest absolute Gasteiger partial charge is 0.310 e. The standard InChI is InChI=1S/C18H28N2S/c1-2-21-18-9-8-16(12-18)19-17-10-11-20(14-17)13-15-6-4-3-5-7-15/h3-7,16-19H,2,8-14H2,1H3. The lowest BCUT2D eigenvalue weighted by Gasteiger charge is -2.20. The van der Waals surface area contributed by atoms with Crippen molar-refractivity contribution in [3.63, 3.8) is 0 Å². The molecule has 0 bridgehead atoms. The molecule has 1 N–H and O–H groups in total. The quantitative estimate of drug-likeness (QED) is 0.865. The van der Waals surface area contributed by atoms with Gasteiger partial charge >= 0.3 is 0 Å². The summed E-state index contributed by atoms with van der Waals surface area (Å²) in [4.78, 5) is 2.60. The molecule has 0 amide bonds. The van der Waals surface area contributed by atoms with Crippen molar-refractivity contribution in [3.05, 3.63) is 35.9 Å². The van der Waals surface area contributed by atoms with E-state index in [4.69, 9.17) is 0 Å². The molecule has 0 spiro atoms. The van der Waals surface area contributed by atoms with E-state index in [-0.39, 0.29) is 0 Å². The Hall–Kier alpha value is -0.510. The highest BCUT2D eigenvalue weighted by Crippen LogP contribution is 2.30. The molecule has 1 saturated carbocycles. The monoisotopic (exact) mass is 304 g/mol. The van der Waals surface area contributed by atoms with Crippen LogP contribution in [0.5, 0.6) is 0 Å². The van der Waals surface area contributed by atoms with Gasteiger partial charge in [0.1, 0.15) is 0 Å². The van der Waals surface area contributed by atoms with Crippen LogP contribution in [0, 0.1) is 0 Å². The van der Waals surface area contributed by atoms with Crippen LogP contribution >= 0.6 is 11.8 Å². The molecule has 3 rings (SSSR count). The number of thioether (sulfide) groups is 1. The van der Waals surface area contributed by atoms with Crippen LogP contribution in [0.3, 0.4) is 0 Å². The summed E-state index contributed by atoms with van der Waals surface area (Å²) in [5.74, 6) is 1.27. The van der Waals surface area contributed by atoms with Crippen LogP contribution in [0.1, 0.15) is 38.2 Å². The molecule has 116 valence electrons. The predicted molar refractivity (Wildman–Crippen MR) is 92.8 cm³/mol. The van der Waals surface area contributed by atoms with E-state index in [9.17, 15) is 0 Å². The highest BCUT2D eigenvalue weighted by atomic mass is 32.2. The first-order valence-corrected chi connectivity index (χ1v) is 9.52. The number of benzene rings is 1. The Balaban J connectivity index is 1.41. The third-order valence-corrected chi connectivity index (χ3v) is 6.01. The summed E-state index contributed by atoms with van der Waals surface area (Å²) in [7, 11) is 0. The second kappa shape index (κ2) is 7.66. The molecular weight excluding hydrogens is 276 g/mol. The normalized spacial score (nSPS) is 30.0. The fourth-order valence-corrected chi connectivity index (χ4v) is 4.91. The van der Waals surface area contributed by atoms with E-state index in [0.717, 1.165) is 17.8 Å². The minimum atomic E-state index is 0.712. The Kier molecular flexibility index (Phi) is 5.61. The topological polar surface area (TPSA) is 15.3 Å². The molecule has 3 atom stereocenters. The zero-order valence-electron chi connectivity index (χ0n) is 13.1. The molecule has 0 radical (unpaired) electrons. The van der Waals surface area contributed by atoms with Gasteiger partial charge in [0.25, 0.3) is 0 Å². The summed E-state index contributed by atoms with van der Waals surface area (Å²) in [5.41, 5.74) is 1.44. The van der Waals surface area contributed by atoms with E-state index in [1.807, 2.05) is 0 Å². The second-order valence-electron chi connectivity index (χ2n) is 6.46. The number of rotatable bonds is 6. The van der Waals surface area contributed by atoms with Gasteiger partial charge in [0, 0.05) is 37.0 Å². The van der Waals surface area contributed by atoms with E-state index < -0.39 is 0 Å². The van der Waals surface area contributed by atoms with Crippen molar-refractivity contribution < 1.29 is 0 Å².